The Balaban J connectivity index is 2.32. The molecule has 21 heavy (non-hydrogen) atoms. The highest BCUT2D eigenvalue weighted by Gasteiger charge is 2.19. The van der Waals surface area contributed by atoms with Gasteiger partial charge in [-0.2, -0.15) is 11.8 Å². The van der Waals surface area contributed by atoms with Crippen molar-refractivity contribution < 1.29 is 19.4 Å². The van der Waals surface area contributed by atoms with Crippen LogP contribution in [0.3, 0.4) is 0 Å². The molecule has 0 aliphatic rings. The number of thioether (sulfide) groups is 1. The summed E-state index contributed by atoms with van der Waals surface area (Å²) < 4.78 is 5.38. The van der Waals surface area contributed by atoms with Crippen LogP contribution in [0.15, 0.2) is 24.3 Å². The standard InChI is InChI=1S/C14H18ClNO4S/c1-21-9-7-12(14(18)19)16-13(17)6-8-20-11-4-2-10(15)3-5-11/h2-5,12H,6-9H2,1H3,(H,16,17)(H,18,19). The van der Waals surface area contributed by atoms with E-state index in [1.807, 2.05) is 6.26 Å². The van der Waals surface area contributed by atoms with Crippen molar-refractivity contribution in [2.75, 3.05) is 18.6 Å². The third-order valence-corrected chi connectivity index (χ3v) is 3.55. The lowest BCUT2D eigenvalue weighted by Gasteiger charge is -2.14. The Labute approximate surface area is 133 Å². The summed E-state index contributed by atoms with van der Waals surface area (Å²) in [4.78, 5) is 22.7. The highest BCUT2D eigenvalue weighted by atomic mass is 35.5. The predicted molar refractivity (Wildman–Crippen MR) is 84.1 cm³/mol. The third-order valence-electron chi connectivity index (χ3n) is 2.66. The number of carboxylic acid groups (broad SMARTS) is 1. The van der Waals surface area contributed by atoms with Crippen LogP contribution in [0.1, 0.15) is 12.8 Å². The number of aliphatic carboxylic acids is 1. The molecule has 1 amide bonds. The molecule has 0 fully saturated rings. The minimum absolute atomic E-state index is 0.103. The van der Waals surface area contributed by atoms with Crippen molar-refractivity contribution in [1.82, 2.24) is 5.32 Å². The third kappa shape index (κ3) is 7.24. The van der Waals surface area contributed by atoms with Gasteiger partial charge in [0.1, 0.15) is 11.8 Å². The van der Waals surface area contributed by atoms with Crippen LogP contribution in [0, 0.1) is 0 Å². The van der Waals surface area contributed by atoms with Gasteiger partial charge >= 0.3 is 5.97 Å². The Hall–Kier alpha value is -1.40. The molecule has 7 heteroatoms. The van der Waals surface area contributed by atoms with Gasteiger partial charge < -0.3 is 15.2 Å². The van der Waals surface area contributed by atoms with Crippen molar-refractivity contribution >= 4 is 35.2 Å². The fraction of sp³-hybridized carbons (Fsp3) is 0.429. The van der Waals surface area contributed by atoms with Crippen LogP contribution in [0.25, 0.3) is 0 Å². The van der Waals surface area contributed by atoms with Gasteiger partial charge in [0.2, 0.25) is 5.91 Å². The SMILES string of the molecule is CSCCC(NC(=O)CCOc1ccc(Cl)cc1)C(=O)O. The highest BCUT2D eigenvalue weighted by molar-refractivity contribution is 7.98. The summed E-state index contributed by atoms with van der Waals surface area (Å²) in [5, 5.41) is 12.1. The monoisotopic (exact) mass is 331 g/mol. The molecule has 0 spiro atoms. The summed E-state index contributed by atoms with van der Waals surface area (Å²) >= 11 is 7.29. The molecule has 116 valence electrons. The molecule has 0 saturated heterocycles. The Morgan fingerprint density at radius 1 is 1.38 bits per heavy atom. The number of halogens is 1. The second kappa shape index (κ2) is 9.52. The van der Waals surface area contributed by atoms with Crippen molar-refractivity contribution in [1.29, 1.82) is 0 Å². The number of hydrogen-bond donors (Lipinski definition) is 2. The topological polar surface area (TPSA) is 75.6 Å². The molecule has 5 nitrogen and oxygen atoms in total. The summed E-state index contributed by atoms with van der Waals surface area (Å²) in [7, 11) is 0. The maximum atomic E-state index is 11.7. The molecule has 1 rings (SSSR count). The second-order valence-corrected chi connectivity index (χ2v) is 5.71. The number of rotatable bonds is 9. The van der Waals surface area contributed by atoms with E-state index in [2.05, 4.69) is 5.32 Å². The number of carboxylic acids is 1. The van der Waals surface area contributed by atoms with Gasteiger partial charge in [-0.3, -0.25) is 4.79 Å². The van der Waals surface area contributed by atoms with Crippen LogP contribution in [0.2, 0.25) is 5.02 Å². The first kappa shape index (κ1) is 17.7. The van der Waals surface area contributed by atoms with E-state index in [4.69, 9.17) is 21.4 Å². The maximum Gasteiger partial charge on any atom is 0.326 e. The van der Waals surface area contributed by atoms with Gasteiger partial charge in [-0.15, -0.1) is 0 Å². The van der Waals surface area contributed by atoms with Crippen molar-refractivity contribution in [2.24, 2.45) is 0 Å². The largest absolute Gasteiger partial charge is 0.493 e. The minimum Gasteiger partial charge on any atom is -0.493 e. The number of carbonyl (C=O) groups excluding carboxylic acids is 1. The summed E-state index contributed by atoms with van der Waals surface area (Å²) in [6.45, 7) is 0.183. The molecular formula is C14H18ClNO4S. The Bertz CT molecular complexity index is 467. The average Bonchev–Trinajstić information content (AvgIpc) is 2.45. The van der Waals surface area contributed by atoms with Crippen LogP contribution < -0.4 is 10.1 Å². The van der Waals surface area contributed by atoms with E-state index in [0.29, 0.717) is 22.9 Å². The van der Waals surface area contributed by atoms with E-state index in [0.717, 1.165) is 0 Å². The lowest BCUT2D eigenvalue weighted by molar-refractivity contribution is -0.141. The quantitative estimate of drug-likeness (QED) is 0.727. The molecule has 0 bridgehead atoms. The van der Waals surface area contributed by atoms with E-state index < -0.39 is 12.0 Å². The van der Waals surface area contributed by atoms with Crippen LogP contribution in [0.4, 0.5) is 0 Å². The molecule has 0 heterocycles. The molecule has 1 atom stereocenters. The van der Waals surface area contributed by atoms with Crippen LogP contribution in [0.5, 0.6) is 5.75 Å². The van der Waals surface area contributed by atoms with E-state index in [1.165, 1.54) is 0 Å². The molecule has 0 radical (unpaired) electrons. The van der Waals surface area contributed by atoms with Crippen molar-refractivity contribution in [3.05, 3.63) is 29.3 Å². The first-order valence-corrected chi connectivity index (χ1v) is 8.19. The fourth-order valence-corrected chi connectivity index (χ4v) is 2.15. The molecule has 0 aliphatic carbocycles. The zero-order valence-corrected chi connectivity index (χ0v) is 13.2. The molecular weight excluding hydrogens is 314 g/mol. The van der Waals surface area contributed by atoms with E-state index in [1.54, 1.807) is 36.0 Å². The second-order valence-electron chi connectivity index (χ2n) is 4.29. The zero-order valence-electron chi connectivity index (χ0n) is 11.7. The highest BCUT2D eigenvalue weighted by Crippen LogP contribution is 2.15. The van der Waals surface area contributed by atoms with Crippen LogP contribution >= 0.6 is 23.4 Å². The Morgan fingerprint density at radius 2 is 2.05 bits per heavy atom. The minimum atomic E-state index is -1.02. The summed E-state index contributed by atoms with van der Waals surface area (Å²) in [5.41, 5.74) is 0. The molecule has 1 unspecified atom stereocenters. The molecule has 1 aromatic rings. The number of nitrogens with one attached hydrogen (secondary N) is 1. The lowest BCUT2D eigenvalue weighted by atomic mass is 10.2. The Morgan fingerprint density at radius 3 is 2.62 bits per heavy atom. The number of amides is 1. The van der Waals surface area contributed by atoms with Gasteiger partial charge in [0.15, 0.2) is 0 Å². The van der Waals surface area contributed by atoms with Gasteiger partial charge in [0.25, 0.3) is 0 Å². The first-order chi connectivity index (χ1) is 10.0. The van der Waals surface area contributed by atoms with Gasteiger partial charge in [0.05, 0.1) is 13.0 Å². The molecule has 1 aromatic carbocycles. The summed E-state index contributed by atoms with van der Waals surface area (Å²) in [6, 6.07) is 5.96. The van der Waals surface area contributed by atoms with Crippen LogP contribution in [-0.4, -0.2) is 41.6 Å². The normalized spacial score (nSPS) is 11.7. The fourth-order valence-electron chi connectivity index (χ4n) is 1.55. The maximum absolute atomic E-state index is 11.7. The number of hydrogen-bond acceptors (Lipinski definition) is 4. The van der Waals surface area contributed by atoms with Gasteiger partial charge in [-0.25, -0.2) is 4.79 Å². The van der Waals surface area contributed by atoms with E-state index >= 15 is 0 Å². The van der Waals surface area contributed by atoms with E-state index in [9.17, 15) is 9.59 Å². The zero-order chi connectivity index (χ0) is 15.7. The molecule has 0 saturated carbocycles. The smallest absolute Gasteiger partial charge is 0.326 e. The van der Waals surface area contributed by atoms with Gasteiger partial charge in [-0.05, 0) is 42.7 Å². The van der Waals surface area contributed by atoms with Crippen LogP contribution in [-0.2, 0) is 9.59 Å². The molecule has 0 aliphatic heterocycles. The average molecular weight is 332 g/mol. The van der Waals surface area contributed by atoms with Crippen molar-refractivity contribution in [3.63, 3.8) is 0 Å². The number of carbonyl (C=O) groups is 2. The Kier molecular flexibility index (Phi) is 8.00. The predicted octanol–water partition coefficient (Wildman–Crippen LogP) is 2.43. The summed E-state index contributed by atoms with van der Waals surface area (Å²) in [6.07, 6.45) is 2.40. The number of ether oxygens (including phenoxy) is 1. The van der Waals surface area contributed by atoms with E-state index in [-0.39, 0.29) is 18.9 Å². The molecule has 0 aromatic heterocycles. The number of benzene rings is 1. The molecule has 2 N–H and O–H groups in total. The van der Waals surface area contributed by atoms with Gasteiger partial charge in [-0.1, -0.05) is 11.6 Å². The van der Waals surface area contributed by atoms with Crippen molar-refractivity contribution in [3.8, 4) is 5.75 Å². The summed E-state index contributed by atoms with van der Waals surface area (Å²) in [5.74, 6) is -0.0590. The van der Waals surface area contributed by atoms with Crippen molar-refractivity contribution in [2.45, 2.75) is 18.9 Å². The first-order valence-electron chi connectivity index (χ1n) is 6.42. The van der Waals surface area contributed by atoms with Gasteiger partial charge in [0, 0.05) is 5.02 Å². The lowest BCUT2D eigenvalue weighted by Crippen LogP contribution is -2.41.